The minimum atomic E-state index is 0.474. The van der Waals surface area contributed by atoms with Crippen LogP contribution < -0.4 is 5.32 Å². The van der Waals surface area contributed by atoms with E-state index in [0.717, 1.165) is 17.4 Å². The number of nitrogens with zero attached hydrogens (tertiary/aromatic N) is 2. The SMILES string of the molecule is Cc1cc(NC(C)CCC(C)C)ncn1. The van der Waals surface area contributed by atoms with Gasteiger partial charge in [-0.3, -0.25) is 0 Å². The van der Waals surface area contributed by atoms with Crippen molar-refractivity contribution in [2.24, 2.45) is 5.92 Å². The Bertz CT molecular complexity index is 297. The molecule has 1 heterocycles. The third kappa shape index (κ3) is 4.77. The van der Waals surface area contributed by atoms with Gasteiger partial charge < -0.3 is 5.32 Å². The van der Waals surface area contributed by atoms with Gasteiger partial charge in [0.1, 0.15) is 12.1 Å². The van der Waals surface area contributed by atoms with Crippen molar-refractivity contribution in [3.63, 3.8) is 0 Å². The lowest BCUT2D eigenvalue weighted by Gasteiger charge is -2.15. The summed E-state index contributed by atoms with van der Waals surface area (Å²) in [6.45, 7) is 8.68. The van der Waals surface area contributed by atoms with Crippen molar-refractivity contribution in [1.82, 2.24) is 9.97 Å². The Balaban J connectivity index is 2.40. The van der Waals surface area contributed by atoms with Crippen LogP contribution in [0.15, 0.2) is 12.4 Å². The molecule has 84 valence electrons. The molecule has 0 fully saturated rings. The Labute approximate surface area is 92.3 Å². The molecule has 0 aliphatic carbocycles. The van der Waals surface area contributed by atoms with E-state index in [9.17, 15) is 0 Å². The summed E-state index contributed by atoms with van der Waals surface area (Å²) in [4.78, 5) is 8.25. The monoisotopic (exact) mass is 207 g/mol. The Morgan fingerprint density at radius 2 is 1.93 bits per heavy atom. The van der Waals surface area contributed by atoms with Crippen LogP contribution in [0, 0.1) is 12.8 Å². The predicted octanol–water partition coefficient (Wildman–Crippen LogP) is 3.02. The normalized spacial score (nSPS) is 12.9. The van der Waals surface area contributed by atoms with Gasteiger partial charge in [0.25, 0.3) is 0 Å². The van der Waals surface area contributed by atoms with Gasteiger partial charge >= 0.3 is 0 Å². The van der Waals surface area contributed by atoms with E-state index in [1.807, 2.05) is 13.0 Å². The smallest absolute Gasteiger partial charge is 0.129 e. The number of hydrogen-bond donors (Lipinski definition) is 1. The molecule has 3 nitrogen and oxygen atoms in total. The summed E-state index contributed by atoms with van der Waals surface area (Å²) in [5.74, 6) is 1.69. The predicted molar refractivity (Wildman–Crippen MR) is 63.9 cm³/mol. The van der Waals surface area contributed by atoms with Crippen molar-refractivity contribution < 1.29 is 0 Å². The fourth-order valence-corrected chi connectivity index (χ4v) is 1.44. The van der Waals surface area contributed by atoms with Gasteiger partial charge in [0.2, 0.25) is 0 Å². The molecule has 0 aliphatic heterocycles. The molecular formula is C12H21N3. The molecule has 0 saturated carbocycles. The summed E-state index contributed by atoms with van der Waals surface area (Å²) in [6, 6.07) is 2.45. The van der Waals surface area contributed by atoms with Crippen molar-refractivity contribution in [1.29, 1.82) is 0 Å². The van der Waals surface area contributed by atoms with Gasteiger partial charge in [-0.25, -0.2) is 9.97 Å². The first-order chi connectivity index (χ1) is 7.08. The lowest BCUT2D eigenvalue weighted by atomic mass is 10.0. The quantitative estimate of drug-likeness (QED) is 0.806. The molecule has 0 aromatic carbocycles. The first-order valence-electron chi connectivity index (χ1n) is 5.63. The van der Waals surface area contributed by atoms with Crippen molar-refractivity contribution >= 4 is 5.82 Å². The molecule has 3 heteroatoms. The summed E-state index contributed by atoms with van der Waals surface area (Å²) < 4.78 is 0. The lowest BCUT2D eigenvalue weighted by molar-refractivity contribution is 0.527. The summed E-state index contributed by atoms with van der Waals surface area (Å²) in [6.07, 6.45) is 4.03. The highest BCUT2D eigenvalue weighted by Gasteiger charge is 2.04. The van der Waals surface area contributed by atoms with E-state index in [-0.39, 0.29) is 0 Å². The fraction of sp³-hybridized carbons (Fsp3) is 0.667. The minimum absolute atomic E-state index is 0.474. The van der Waals surface area contributed by atoms with E-state index < -0.39 is 0 Å². The molecule has 1 aromatic heterocycles. The zero-order valence-electron chi connectivity index (χ0n) is 10.1. The average molecular weight is 207 g/mol. The van der Waals surface area contributed by atoms with Crippen LogP contribution >= 0.6 is 0 Å². The average Bonchev–Trinajstić information content (AvgIpc) is 2.15. The summed E-state index contributed by atoms with van der Waals surface area (Å²) in [7, 11) is 0. The highest BCUT2D eigenvalue weighted by Crippen LogP contribution is 2.11. The summed E-state index contributed by atoms with van der Waals surface area (Å²) >= 11 is 0. The molecule has 1 aromatic rings. The van der Waals surface area contributed by atoms with Crippen LogP contribution in [0.5, 0.6) is 0 Å². The first-order valence-corrected chi connectivity index (χ1v) is 5.63. The maximum atomic E-state index is 4.18. The maximum absolute atomic E-state index is 4.18. The number of anilines is 1. The second kappa shape index (κ2) is 5.69. The van der Waals surface area contributed by atoms with Crippen molar-refractivity contribution in [2.45, 2.75) is 46.6 Å². The summed E-state index contributed by atoms with van der Waals surface area (Å²) in [5.41, 5.74) is 1.00. The van der Waals surface area contributed by atoms with Gasteiger partial charge in [0, 0.05) is 17.8 Å². The molecule has 0 bridgehead atoms. The molecular weight excluding hydrogens is 186 g/mol. The van der Waals surface area contributed by atoms with Crippen LogP contribution in [0.4, 0.5) is 5.82 Å². The fourth-order valence-electron chi connectivity index (χ4n) is 1.44. The second-order valence-corrected chi connectivity index (χ2v) is 4.56. The highest BCUT2D eigenvalue weighted by molar-refractivity contribution is 5.35. The molecule has 0 spiro atoms. The van der Waals surface area contributed by atoms with Gasteiger partial charge in [-0.15, -0.1) is 0 Å². The van der Waals surface area contributed by atoms with E-state index in [0.29, 0.717) is 6.04 Å². The summed E-state index contributed by atoms with van der Waals surface area (Å²) in [5, 5.41) is 3.39. The van der Waals surface area contributed by atoms with Gasteiger partial charge in [0.05, 0.1) is 0 Å². The van der Waals surface area contributed by atoms with Gasteiger partial charge in [-0.2, -0.15) is 0 Å². The van der Waals surface area contributed by atoms with E-state index in [1.54, 1.807) is 6.33 Å². The molecule has 1 atom stereocenters. The molecule has 0 aliphatic rings. The lowest BCUT2D eigenvalue weighted by Crippen LogP contribution is -2.16. The first kappa shape index (κ1) is 12.0. The largest absolute Gasteiger partial charge is 0.368 e. The molecule has 0 amide bonds. The third-order valence-electron chi connectivity index (χ3n) is 2.38. The third-order valence-corrected chi connectivity index (χ3v) is 2.38. The molecule has 1 rings (SSSR count). The van der Waals surface area contributed by atoms with Gasteiger partial charge in [-0.1, -0.05) is 13.8 Å². The van der Waals surface area contributed by atoms with Crippen LogP contribution in [-0.4, -0.2) is 16.0 Å². The Morgan fingerprint density at radius 1 is 1.20 bits per heavy atom. The molecule has 1 N–H and O–H groups in total. The zero-order valence-corrected chi connectivity index (χ0v) is 10.1. The Morgan fingerprint density at radius 3 is 2.53 bits per heavy atom. The number of aryl methyl sites for hydroxylation is 1. The van der Waals surface area contributed by atoms with Crippen LogP contribution in [0.25, 0.3) is 0 Å². The topological polar surface area (TPSA) is 37.8 Å². The molecule has 0 radical (unpaired) electrons. The number of hydrogen-bond acceptors (Lipinski definition) is 3. The molecule has 1 unspecified atom stereocenters. The molecule has 0 saturated heterocycles. The van der Waals surface area contributed by atoms with Crippen LogP contribution in [0.3, 0.4) is 0 Å². The Hall–Kier alpha value is -1.12. The van der Waals surface area contributed by atoms with Gasteiger partial charge in [-0.05, 0) is 32.6 Å². The Kier molecular flexibility index (Phi) is 4.53. The minimum Gasteiger partial charge on any atom is -0.368 e. The number of rotatable bonds is 5. The van der Waals surface area contributed by atoms with E-state index in [1.165, 1.54) is 12.8 Å². The van der Waals surface area contributed by atoms with Crippen molar-refractivity contribution in [3.05, 3.63) is 18.1 Å². The highest BCUT2D eigenvalue weighted by atomic mass is 15.0. The number of nitrogens with one attached hydrogen (secondary N) is 1. The van der Waals surface area contributed by atoms with E-state index >= 15 is 0 Å². The standard InChI is InChI=1S/C12H21N3/c1-9(2)5-6-10(3)15-12-7-11(4)13-8-14-12/h7-10H,5-6H2,1-4H3,(H,13,14,15). The van der Waals surface area contributed by atoms with Crippen LogP contribution in [0.1, 0.15) is 39.3 Å². The van der Waals surface area contributed by atoms with Crippen LogP contribution in [0.2, 0.25) is 0 Å². The van der Waals surface area contributed by atoms with E-state index in [4.69, 9.17) is 0 Å². The zero-order chi connectivity index (χ0) is 11.3. The van der Waals surface area contributed by atoms with Crippen molar-refractivity contribution in [2.75, 3.05) is 5.32 Å². The maximum Gasteiger partial charge on any atom is 0.129 e. The number of aromatic nitrogens is 2. The van der Waals surface area contributed by atoms with Gasteiger partial charge in [0.15, 0.2) is 0 Å². The molecule has 15 heavy (non-hydrogen) atoms. The second-order valence-electron chi connectivity index (χ2n) is 4.56. The van der Waals surface area contributed by atoms with Crippen molar-refractivity contribution in [3.8, 4) is 0 Å². The van der Waals surface area contributed by atoms with E-state index in [2.05, 4.69) is 36.1 Å². The van der Waals surface area contributed by atoms with Crippen LogP contribution in [-0.2, 0) is 0 Å².